The number of nitrogens with zero attached hydrogens (tertiary/aromatic N) is 5. The maximum atomic E-state index is 13.3. The Morgan fingerprint density at radius 1 is 1.10 bits per heavy atom. The van der Waals surface area contributed by atoms with E-state index >= 15 is 0 Å². The predicted octanol–water partition coefficient (Wildman–Crippen LogP) is 1.99. The first kappa shape index (κ1) is 20.6. The second-order valence-corrected chi connectivity index (χ2v) is 8.99. The third-order valence-electron chi connectivity index (χ3n) is 6.62. The molecule has 2 aliphatic rings. The van der Waals surface area contributed by atoms with Gasteiger partial charge in [-0.1, -0.05) is 18.2 Å². The zero-order valence-corrected chi connectivity index (χ0v) is 18.3. The van der Waals surface area contributed by atoms with Gasteiger partial charge in [-0.05, 0) is 40.1 Å². The normalized spacial score (nSPS) is 23.3. The maximum Gasteiger partial charge on any atom is 0.257 e. The lowest BCUT2D eigenvalue weighted by atomic mass is 9.80. The van der Waals surface area contributed by atoms with Gasteiger partial charge in [0.25, 0.3) is 11.8 Å². The van der Waals surface area contributed by atoms with Gasteiger partial charge in [-0.2, -0.15) is 5.10 Å². The third kappa shape index (κ3) is 3.51. The first-order valence-electron chi connectivity index (χ1n) is 10.7. The van der Waals surface area contributed by atoms with Crippen LogP contribution in [0.25, 0.3) is 0 Å². The zero-order chi connectivity index (χ0) is 21.5. The number of benzene rings is 1. The van der Waals surface area contributed by atoms with E-state index in [-0.39, 0.29) is 23.1 Å². The lowest BCUT2D eigenvalue weighted by Gasteiger charge is -2.32. The molecule has 3 heterocycles. The van der Waals surface area contributed by atoms with E-state index < -0.39 is 0 Å². The molecule has 160 valence electrons. The molecular formula is C23H31N5O2. The molecule has 2 fully saturated rings. The second kappa shape index (κ2) is 7.87. The molecule has 2 amide bonds. The summed E-state index contributed by atoms with van der Waals surface area (Å²) in [7, 11) is 4.13. The van der Waals surface area contributed by atoms with Gasteiger partial charge in [0.05, 0.1) is 11.8 Å². The SMILES string of the molecule is CCn1ncc(C(=O)N2C[C@H]3CN(C(=O)c4ccccc4)C[C@@]3(CN(C)C)C2)c1C. The molecule has 0 saturated carbocycles. The molecular weight excluding hydrogens is 378 g/mol. The van der Waals surface area contributed by atoms with Crippen molar-refractivity contribution in [3.05, 3.63) is 53.3 Å². The summed E-state index contributed by atoms with van der Waals surface area (Å²) in [6.45, 7) is 8.32. The highest BCUT2D eigenvalue weighted by Crippen LogP contribution is 2.44. The van der Waals surface area contributed by atoms with Gasteiger partial charge in [0.15, 0.2) is 0 Å². The summed E-state index contributed by atoms with van der Waals surface area (Å²) >= 11 is 0. The van der Waals surface area contributed by atoms with Crippen molar-refractivity contribution >= 4 is 11.8 Å². The summed E-state index contributed by atoms with van der Waals surface area (Å²) in [6, 6.07) is 9.48. The van der Waals surface area contributed by atoms with E-state index in [0.717, 1.165) is 24.3 Å². The summed E-state index contributed by atoms with van der Waals surface area (Å²) < 4.78 is 1.86. The monoisotopic (exact) mass is 409 g/mol. The van der Waals surface area contributed by atoms with Gasteiger partial charge >= 0.3 is 0 Å². The molecule has 0 aliphatic carbocycles. The summed E-state index contributed by atoms with van der Waals surface area (Å²) in [4.78, 5) is 32.4. The number of likely N-dealkylation sites (tertiary alicyclic amines) is 2. The minimum atomic E-state index is -0.0990. The number of carbonyl (C=O) groups excluding carboxylic acids is 2. The van der Waals surface area contributed by atoms with Crippen LogP contribution in [-0.2, 0) is 6.54 Å². The van der Waals surface area contributed by atoms with Gasteiger partial charge in [0, 0.05) is 61.9 Å². The molecule has 2 atom stereocenters. The van der Waals surface area contributed by atoms with Crippen molar-refractivity contribution in [2.45, 2.75) is 20.4 Å². The van der Waals surface area contributed by atoms with Gasteiger partial charge in [-0.15, -0.1) is 0 Å². The Hall–Kier alpha value is -2.67. The van der Waals surface area contributed by atoms with E-state index in [1.165, 1.54) is 0 Å². The zero-order valence-electron chi connectivity index (χ0n) is 18.3. The number of amides is 2. The molecule has 0 N–H and O–H groups in total. The van der Waals surface area contributed by atoms with Gasteiger partial charge < -0.3 is 14.7 Å². The molecule has 0 unspecified atom stereocenters. The van der Waals surface area contributed by atoms with E-state index in [4.69, 9.17) is 0 Å². The average Bonchev–Trinajstić information content (AvgIpc) is 3.36. The Balaban J connectivity index is 1.55. The van der Waals surface area contributed by atoms with Crippen molar-refractivity contribution < 1.29 is 9.59 Å². The van der Waals surface area contributed by atoms with Crippen LogP contribution in [0.15, 0.2) is 36.5 Å². The van der Waals surface area contributed by atoms with E-state index in [1.54, 1.807) is 6.20 Å². The van der Waals surface area contributed by atoms with E-state index in [2.05, 4.69) is 24.1 Å². The van der Waals surface area contributed by atoms with Crippen LogP contribution in [0.1, 0.15) is 33.3 Å². The predicted molar refractivity (Wildman–Crippen MR) is 115 cm³/mol. The molecule has 7 nitrogen and oxygen atoms in total. The summed E-state index contributed by atoms with van der Waals surface area (Å²) in [5.74, 6) is 0.416. The molecule has 2 aromatic rings. The molecule has 1 aromatic carbocycles. The minimum absolute atomic E-state index is 0.0562. The van der Waals surface area contributed by atoms with Crippen molar-refractivity contribution in [1.82, 2.24) is 24.5 Å². The van der Waals surface area contributed by atoms with Gasteiger partial charge in [-0.3, -0.25) is 14.3 Å². The molecule has 0 bridgehead atoms. The lowest BCUT2D eigenvalue weighted by Crippen LogP contribution is -2.43. The largest absolute Gasteiger partial charge is 0.338 e. The fourth-order valence-electron chi connectivity index (χ4n) is 5.25. The Kier molecular flexibility index (Phi) is 5.40. The Bertz CT molecular complexity index is 938. The first-order chi connectivity index (χ1) is 14.3. The number of hydrogen-bond acceptors (Lipinski definition) is 4. The highest BCUT2D eigenvalue weighted by molar-refractivity contribution is 5.96. The van der Waals surface area contributed by atoms with Crippen molar-refractivity contribution in [2.75, 3.05) is 46.8 Å². The summed E-state index contributed by atoms with van der Waals surface area (Å²) in [5, 5.41) is 4.34. The quantitative estimate of drug-likeness (QED) is 0.758. The van der Waals surface area contributed by atoms with Crippen LogP contribution < -0.4 is 0 Å². The number of rotatable bonds is 5. The first-order valence-corrected chi connectivity index (χ1v) is 10.7. The van der Waals surface area contributed by atoms with Crippen LogP contribution in [0.5, 0.6) is 0 Å². The van der Waals surface area contributed by atoms with E-state index in [1.807, 2.05) is 58.7 Å². The topological polar surface area (TPSA) is 61.7 Å². The van der Waals surface area contributed by atoms with Gasteiger partial charge in [0.2, 0.25) is 0 Å². The van der Waals surface area contributed by atoms with E-state index in [0.29, 0.717) is 31.7 Å². The summed E-state index contributed by atoms with van der Waals surface area (Å²) in [6.07, 6.45) is 1.69. The summed E-state index contributed by atoms with van der Waals surface area (Å²) in [5.41, 5.74) is 2.24. The highest BCUT2D eigenvalue weighted by atomic mass is 16.2. The maximum absolute atomic E-state index is 13.3. The van der Waals surface area contributed by atoms with E-state index in [9.17, 15) is 9.59 Å². The van der Waals surface area contributed by atoms with Crippen molar-refractivity contribution in [1.29, 1.82) is 0 Å². The number of hydrogen-bond donors (Lipinski definition) is 0. The average molecular weight is 410 g/mol. The smallest absolute Gasteiger partial charge is 0.257 e. The third-order valence-corrected chi connectivity index (χ3v) is 6.62. The van der Waals surface area contributed by atoms with Crippen molar-refractivity contribution in [3.63, 3.8) is 0 Å². The molecule has 1 aromatic heterocycles. The fraction of sp³-hybridized carbons (Fsp3) is 0.522. The van der Waals surface area contributed by atoms with Crippen LogP contribution in [-0.4, -0.2) is 83.1 Å². The Labute approximate surface area is 178 Å². The molecule has 0 radical (unpaired) electrons. The molecule has 7 heteroatoms. The highest BCUT2D eigenvalue weighted by Gasteiger charge is 2.54. The molecule has 2 saturated heterocycles. The van der Waals surface area contributed by atoms with Crippen LogP contribution in [0.2, 0.25) is 0 Å². The number of aryl methyl sites for hydroxylation is 1. The van der Waals surface area contributed by atoms with Gasteiger partial charge in [-0.25, -0.2) is 0 Å². The van der Waals surface area contributed by atoms with Crippen LogP contribution in [0.4, 0.5) is 0 Å². The van der Waals surface area contributed by atoms with Gasteiger partial charge in [0.1, 0.15) is 0 Å². The standard InChI is InChI=1S/C23H31N5O2/c1-5-28-17(2)20(11-24-28)22(30)27-13-19-12-26(15-23(19,16-27)14-25(3)4)21(29)18-9-7-6-8-10-18/h6-11,19H,5,12-16H2,1-4H3/t19-,23+/m1/s1. The molecule has 0 spiro atoms. The van der Waals surface area contributed by atoms with Crippen LogP contribution in [0.3, 0.4) is 0 Å². The minimum Gasteiger partial charge on any atom is -0.338 e. The number of carbonyl (C=O) groups is 2. The van der Waals surface area contributed by atoms with Crippen LogP contribution in [0, 0.1) is 18.3 Å². The Morgan fingerprint density at radius 3 is 2.30 bits per heavy atom. The molecule has 2 aliphatic heterocycles. The molecule has 4 rings (SSSR count). The Morgan fingerprint density at radius 2 is 1.73 bits per heavy atom. The molecule has 30 heavy (non-hydrogen) atoms. The van der Waals surface area contributed by atoms with Crippen molar-refractivity contribution in [3.8, 4) is 0 Å². The van der Waals surface area contributed by atoms with Crippen molar-refractivity contribution in [2.24, 2.45) is 11.3 Å². The second-order valence-electron chi connectivity index (χ2n) is 8.99. The number of fused-ring (bicyclic) bond motifs is 1. The lowest BCUT2D eigenvalue weighted by molar-refractivity contribution is 0.0701. The van der Waals surface area contributed by atoms with Crippen LogP contribution >= 0.6 is 0 Å². The number of aromatic nitrogens is 2. The fourth-order valence-corrected chi connectivity index (χ4v) is 5.25.